The second kappa shape index (κ2) is 3.03. The lowest BCUT2D eigenvalue weighted by atomic mass is 10.3. The molecular weight excluding hydrogens is 156 g/mol. The van der Waals surface area contributed by atoms with Gasteiger partial charge in [-0.15, -0.1) is 0 Å². The minimum atomic E-state index is -0.103. The fourth-order valence-corrected chi connectivity index (χ4v) is 1.42. The fraction of sp³-hybridized carbons (Fsp3) is 0.875. The van der Waals surface area contributed by atoms with E-state index >= 15 is 0 Å². The number of piperazine rings is 1. The lowest BCUT2D eigenvalue weighted by Gasteiger charge is -2.32. The highest BCUT2D eigenvalue weighted by Crippen LogP contribution is 2.13. The van der Waals surface area contributed by atoms with Crippen molar-refractivity contribution >= 4 is 5.91 Å². The number of hydrogen-bond donors (Lipinski definition) is 0. The molecule has 0 aromatic carbocycles. The Labute approximate surface area is 72.1 Å². The first-order valence-corrected chi connectivity index (χ1v) is 4.36. The maximum Gasteiger partial charge on any atom is 0.254 e. The molecule has 0 aromatic rings. The summed E-state index contributed by atoms with van der Waals surface area (Å²) >= 11 is 0. The molecule has 2 rings (SSSR count). The van der Waals surface area contributed by atoms with Crippen LogP contribution in [-0.2, 0) is 9.53 Å². The topological polar surface area (TPSA) is 36.1 Å². The number of ether oxygens (including phenoxy) is 1. The monoisotopic (exact) mass is 170 g/mol. The van der Waals surface area contributed by atoms with Crippen molar-refractivity contribution < 1.29 is 9.53 Å². The van der Waals surface area contributed by atoms with Crippen LogP contribution < -0.4 is 0 Å². The molecule has 0 bridgehead atoms. The summed E-state index contributed by atoms with van der Waals surface area (Å²) in [6.07, 6.45) is -0.103. The molecule has 4 heteroatoms. The van der Waals surface area contributed by atoms with Crippen molar-refractivity contribution in [2.75, 3.05) is 39.8 Å². The molecule has 1 amide bonds. The van der Waals surface area contributed by atoms with E-state index in [0.29, 0.717) is 6.61 Å². The van der Waals surface area contributed by atoms with E-state index in [-0.39, 0.29) is 12.0 Å². The predicted octanol–water partition coefficient (Wildman–Crippen LogP) is -0.841. The van der Waals surface area contributed by atoms with Crippen LogP contribution in [0.4, 0.5) is 0 Å². The molecule has 0 aliphatic carbocycles. The van der Waals surface area contributed by atoms with Gasteiger partial charge in [0.25, 0.3) is 5.91 Å². The van der Waals surface area contributed by atoms with Crippen LogP contribution in [0.1, 0.15) is 0 Å². The molecule has 1 atom stereocenters. The van der Waals surface area contributed by atoms with Gasteiger partial charge in [-0.1, -0.05) is 0 Å². The van der Waals surface area contributed by atoms with E-state index in [4.69, 9.17) is 4.74 Å². The second-order valence-electron chi connectivity index (χ2n) is 3.45. The van der Waals surface area contributed by atoms with Crippen molar-refractivity contribution in [3.8, 4) is 0 Å². The maximum absolute atomic E-state index is 11.4. The zero-order chi connectivity index (χ0) is 8.55. The molecule has 0 spiro atoms. The Morgan fingerprint density at radius 2 is 1.92 bits per heavy atom. The highest BCUT2D eigenvalue weighted by Gasteiger charge is 2.35. The number of rotatable bonds is 1. The normalized spacial score (nSPS) is 30.4. The van der Waals surface area contributed by atoms with Gasteiger partial charge in [0, 0.05) is 26.2 Å². The van der Waals surface area contributed by atoms with Crippen molar-refractivity contribution in [2.45, 2.75) is 6.10 Å². The van der Waals surface area contributed by atoms with E-state index in [1.54, 1.807) is 0 Å². The molecule has 0 saturated carbocycles. The average Bonchev–Trinajstić information content (AvgIpc) is 2.87. The van der Waals surface area contributed by atoms with E-state index in [9.17, 15) is 4.79 Å². The zero-order valence-corrected chi connectivity index (χ0v) is 7.32. The second-order valence-corrected chi connectivity index (χ2v) is 3.45. The average molecular weight is 170 g/mol. The maximum atomic E-state index is 11.4. The molecular formula is C8H14N2O2. The minimum Gasteiger partial charge on any atom is -0.363 e. The molecule has 2 heterocycles. The summed E-state index contributed by atoms with van der Waals surface area (Å²) < 4.78 is 4.95. The van der Waals surface area contributed by atoms with Gasteiger partial charge in [-0.3, -0.25) is 4.79 Å². The first-order valence-electron chi connectivity index (χ1n) is 4.36. The van der Waals surface area contributed by atoms with Crippen LogP contribution in [0.2, 0.25) is 0 Å². The number of hydrogen-bond acceptors (Lipinski definition) is 3. The SMILES string of the molecule is CN1CCN(C(=O)C2CO2)CC1. The van der Waals surface area contributed by atoms with Gasteiger partial charge in [-0.25, -0.2) is 0 Å². The molecule has 2 aliphatic heterocycles. The van der Waals surface area contributed by atoms with Gasteiger partial charge in [0.1, 0.15) is 0 Å². The largest absolute Gasteiger partial charge is 0.363 e. The third-order valence-electron chi connectivity index (χ3n) is 2.42. The Hall–Kier alpha value is -0.610. The van der Waals surface area contributed by atoms with E-state index in [2.05, 4.69) is 11.9 Å². The van der Waals surface area contributed by atoms with E-state index < -0.39 is 0 Å². The summed E-state index contributed by atoms with van der Waals surface area (Å²) in [6.45, 7) is 4.31. The molecule has 4 nitrogen and oxygen atoms in total. The number of amides is 1. The van der Waals surface area contributed by atoms with Crippen molar-refractivity contribution in [2.24, 2.45) is 0 Å². The Kier molecular flexibility index (Phi) is 2.02. The summed E-state index contributed by atoms with van der Waals surface area (Å²) in [4.78, 5) is 15.6. The Morgan fingerprint density at radius 1 is 1.33 bits per heavy atom. The van der Waals surface area contributed by atoms with E-state index in [1.165, 1.54) is 0 Å². The van der Waals surface area contributed by atoms with E-state index in [0.717, 1.165) is 26.2 Å². The third kappa shape index (κ3) is 1.59. The lowest BCUT2D eigenvalue weighted by Crippen LogP contribution is -2.48. The lowest BCUT2D eigenvalue weighted by molar-refractivity contribution is -0.134. The number of carbonyl (C=O) groups is 1. The van der Waals surface area contributed by atoms with E-state index in [1.807, 2.05) is 4.90 Å². The van der Waals surface area contributed by atoms with Crippen molar-refractivity contribution in [3.63, 3.8) is 0 Å². The molecule has 12 heavy (non-hydrogen) atoms. The molecule has 0 N–H and O–H groups in total. The van der Waals surface area contributed by atoms with Crippen LogP contribution in [0.25, 0.3) is 0 Å². The fourth-order valence-electron chi connectivity index (χ4n) is 1.42. The number of likely N-dealkylation sites (N-methyl/N-ethyl adjacent to an activating group) is 1. The number of carbonyl (C=O) groups excluding carboxylic acids is 1. The summed E-state index contributed by atoms with van der Waals surface area (Å²) in [5.74, 6) is 0.183. The van der Waals surface area contributed by atoms with Gasteiger partial charge in [0.15, 0.2) is 6.10 Å². The standard InChI is InChI=1S/C8H14N2O2/c1-9-2-4-10(5-3-9)8(11)7-6-12-7/h7H,2-6H2,1H3. The van der Waals surface area contributed by atoms with Gasteiger partial charge < -0.3 is 14.5 Å². The van der Waals surface area contributed by atoms with Crippen molar-refractivity contribution in [3.05, 3.63) is 0 Å². The molecule has 2 aliphatic rings. The highest BCUT2D eigenvalue weighted by molar-refractivity contribution is 5.83. The molecule has 2 fully saturated rings. The molecule has 1 unspecified atom stereocenters. The summed E-state index contributed by atoms with van der Waals surface area (Å²) in [5, 5.41) is 0. The molecule has 2 saturated heterocycles. The summed E-state index contributed by atoms with van der Waals surface area (Å²) in [7, 11) is 2.08. The minimum absolute atomic E-state index is 0.103. The van der Waals surface area contributed by atoms with Gasteiger partial charge in [-0.05, 0) is 7.05 Å². The summed E-state index contributed by atoms with van der Waals surface area (Å²) in [6, 6.07) is 0. The van der Waals surface area contributed by atoms with Gasteiger partial charge in [-0.2, -0.15) is 0 Å². The van der Waals surface area contributed by atoms with Gasteiger partial charge in [0.2, 0.25) is 0 Å². The third-order valence-corrected chi connectivity index (χ3v) is 2.42. The summed E-state index contributed by atoms with van der Waals surface area (Å²) in [5.41, 5.74) is 0. The van der Waals surface area contributed by atoms with Crippen LogP contribution in [0, 0.1) is 0 Å². The van der Waals surface area contributed by atoms with Gasteiger partial charge >= 0.3 is 0 Å². The van der Waals surface area contributed by atoms with Crippen LogP contribution >= 0.6 is 0 Å². The number of epoxide rings is 1. The first-order chi connectivity index (χ1) is 5.77. The quantitative estimate of drug-likeness (QED) is 0.481. The van der Waals surface area contributed by atoms with Crippen LogP contribution in [0.5, 0.6) is 0 Å². The van der Waals surface area contributed by atoms with Crippen LogP contribution in [-0.4, -0.2) is 61.6 Å². The van der Waals surface area contributed by atoms with Crippen LogP contribution in [0.3, 0.4) is 0 Å². The Balaban J connectivity index is 1.84. The van der Waals surface area contributed by atoms with Crippen molar-refractivity contribution in [1.29, 1.82) is 0 Å². The molecule has 0 radical (unpaired) electrons. The van der Waals surface area contributed by atoms with Gasteiger partial charge in [0.05, 0.1) is 6.61 Å². The van der Waals surface area contributed by atoms with Crippen molar-refractivity contribution in [1.82, 2.24) is 9.80 Å². The Bertz CT molecular complexity index is 183. The predicted molar refractivity (Wildman–Crippen MR) is 43.8 cm³/mol. The zero-order valence-electron chi connectivity index (χ0n) is 7.32. The first kappa shape index (κ1) is 8.01. The Morgan fingerprint density at radius 3 is 2.42 bits per heavy atom. The molecule has 68 valence electrons. The van der Waals surface area contributed by atoms with Crippen LogP contribution in [0.15, 0.2) is 0 Å². The smallest absolute Gasteiger partial charge is 0.254 e. The number of nitrogens with zero attached hydrogens (tertiary/aromatic N) is 2. The molecule has 0 aromatic heterocycles. The highest BCUT2D eigenvalue weighted by atomic mass is 16.6.